The Morgan fingerprint density at radius 3 is 2.61 bits per heavy atom. The lowest BCUT2D eigenvalue weighted by Gasteiger charge is -2.22. The summed E-state index contributed by atoms with van der Waals surface area (Å²) in [6, 6.07) is 4.40. The number of nitrogens with zero attached hydrogens (tertiary/aromatic N) is 1. The zero-order valence-corrected chi connectivity index (χ0v) is 11.7. The van der Waals surface area contributed by atoms with Crippen molar-refractivity contribution in [3.63, 3.8) is 0 Å². The van der Waals surface area contributed by atoms with Gasteiger partial charge < -0.3 is 11.1 Å². The number of nitrogens with one attached hydrogen (secondary N) is 1. The molecule has 0 spiro atoms. The molecule has 1 atom stereocenters. The molecule has 1 rings (SSSR count). The lowest BCUT2D eigenvalue weighted by Crippen LogP contribution is -2.26. The van der Waals surface area contributed by atoms with Crippen LogP contribution in [0, 0.1) is 5.92 Å². The van der Waals surface area contributed by atoms with Gasteiger partial charge in [0.15, 0.2) is 0 Å². The van der Waals surface area contributed by atoms with Crippen LogP contribution in [-0.2, 0) is 0 Å². The van der Waals surface area contributed by atoms with Crippen molar-refractivity contribution in [2.45, 2.75) is 46.1 Å². The fraction of sp³-hybridized carbons (Fsp3) is 0.533. The quantitative estimate of drug-likeness (QED) is 0.773. The third-order valence-electron chi connectivity index (χ3n) is 3.14. The second kappa shape index (κ2) is 7.04. The van der Waals surface area contributed by atoms with E-state index in [1.54, 1.807) is 6.20 Å². The van der Waals surface area contributed by atoms with Crippen LogP contribution in [0.5, 0.6) is 0 Å². The summed E-state index contributed by atoms with van der Waals surface area (Å²) in [4.78, 5) is 4.38. The Labute approximate surface area is 111 Å². The van der Waals surface area contributed by atoms with Crippen LogP contribution in [-0.4, -0.2) is 11.0 Å². The van der Waals surface area contributed by atoms with Gasteiger partial charge >= 0.3 is 0 Å². The first-order valence-electron chi connectivity index (χ1n) is 6.72. The van der Waals surface area contributed by atoms with Crippen LogP contribution < -0.4 is 11.1 Å². The molecule has 1 aromatic rings. The molecule has 3 heteroatoms. The second-order valence-corrected chi connectivity index (χ2v) is 5.09. The molecular formula is C15H25N3. The number of hydrogen-bond acceptors (Lipinski definition) is 3. The molecule has 3 nitrogen and oxygen atoms in total. The predicted molar refractivity (Wildman–Crippen MR) is 79.2 cm³/mol. The van der Waals surface area contributed by atoms with Crippen molar-refractivity contribution in [1.82, 2.24) is 4.98 Å². The molecule has 0 aliphatic carbocycles. The number of aromatic nitrogens is 1. The molecule has 0 amide bonds. The Balaban J connectivity index is 2.65. The number of pyridine rings is 1. The first-order chi connectivity index (χ1) is 8.54. The third-order valence-corrected chi connectivity index (χ3v) is 3.14. The molecule has 3 N–H and O–H groups in total. The molecule has 0 aliphatic rings. The zero-order chi connectivity index (χ0) is 13.5. The lowest BCUT2D eigenvalue weighted by molar-refractivity contribution is 0.476. The molecule has 0 saturated carbocycles. The van der Waals surface area contributed by atoms with Gasteiger partial charge in [-0.1, -0.05) is 40.2 Å². The van der Waals surface area contributed by atoms with Gasteiger partial charge in [0, 0.05) is 23.5 Å². The Bertz CT molecular complexity index is 368. The van der Waals surface area contributed by atoms with Gasteiger partial charge in [-0.25, -0.2) is 4.98 Å². The Morgan fingerprint density at radius 1 is 1.44 bits per heavy atom. The average Bonchev–Trinajstić information content (AvgIpc) is 2.34. The normalized spacial score (nSPS) is 12.4. The summed E-state index contributed by atoms with van der Waals surface area (Å²) in [5.74, 6) is 1.51. The summed E-state index contributed by atoms with van der Waals surface area (Å²) < 4.78 is 0. The van der Waals surface area contributed by atoms with E-state index in [1.807, 2.05) is 12.1 Å². The summed E-state index contributed by atoms with van der Waals surface area (Å²) in [5.41, 5.74) is 7.06. The monoisotopic (exact) mass is 247 g/mol. The summed E-state index contributed by atoms with van der Waals surface area (Å²) >= 11 is 0. The highest BCUT2D eigenvalue weighted by Crippen LogP contribution is 2.16. The van der Waals surface area contributed by atoms with E-state index < -0.39 is 0 Å². The molecule has 0 aromatic carbocycles. The van der Waals surface area contributed by atoms with Crippen LogP contribution in [0.15, 0.2) is 24.9 Å². The fourth-order valence-electron chi connectivity index (χ4n) is 1.86. The van der Waals surface area contributed by atoms with E-state index in [-0.39, 0.29) is 0 Å². The standard InChI is InChI=1S/C15H25N3/c1-5-6-7-14(11(2)3)18-15-9-8-13(10-17-15)12(4)16/h8-11,14H,4-7,16H2,1-3H3,(H,17,18). The van der Waals surface area contributed by atoms with Crippen LogP contribution in [0.25, 0.3) is 5.70 Å². The molecule has 0 saturated heterocycles. The van der Waals surface area contributed by atoms with Crippen molar-refractivity contribution < 1.29 is 0 Å². The molecule has 0 radical (unpaired) electrons. The zero-order valence-electron chi connectivity index (χ0n) is 11.7. The molecule has 100 valence electrons. The van der Waals surface area contributed by atoms with E-state index in [0.717, 1.165) is 11.4 Å². The van der Waals surface area contributed by atoms with Crippen LogP contribution in [0.3, 0.4) is 0 Å². The van der Waals surface area contributed by atoms with Gasteiger partial charge in [0.25, 0.3) is 0 Å². The molecule has 1 heterocycles. The van der Waals surface area contributed by atoms with E-state index in [2.05, 4.69) is 37.7 Å². The van der Waals surface area contributed by atoms with Gasteiger partial charge in [-0.3, -0.25) is 0 Å². The van der Waals surface area contributed by atoms with E-state index >= 15 is 0 Å². The largest absolute Gasteiger partial charge is 0.399 e. The van der Waals surface area contributed by atoms with E-state index in [4.69, 9.17) is 5.73 Å². The van der Waals surface area contributed by atoms with Gasteiger partial charge in [-0.15, -0.1) is 0 Å². The van der Waals surface area contributed by atoms with Crippen LogP contribution in [0.4, 0.5) is 5.82 Å². The van der Waals surface area contributed by atoms with Crippen molar-refractivity contribution in [3.05, 3.63) is 30.5 Å². The average molecular weight is 247 g/mol. The van der Waals surface area contributed by atoms with E-state index in [0.29, 0.717) is 17.7 Å². The molecule has 0 bridgehead atoms. The minimum atomic E-state index is 0.476. The van der Waals surface area contributed by atoms with Gasteiger partial charge in [0.2, 0.25) is 0 Å². The lowest BCUT2D eigenvalue weighted by atomic mass is 9.98. The predicted octanol–water partition coefficient (Wildman–Crippen LogP) is 3.64. The maximum absolute atomic E-state index is 5.62. The molecule has 0 aliphatic heterocycles. The Kier molecular flexibility index (Phi) is 5.69. The number of nitrogens with two attached hydrogens (primary N) is 1. The summed E-state index contributed by atoms with van der Waals surface area (Å²) in [6.07, 6.45) is 5.42. The van der Waals surface area contributed by atoms with Crippen molar-refractivity contribution in [2.75, 3.05) is 5.32 Å². The van der Waals surface area contributed by atoms with Crippen LogP contribution in [0.2, 0.25) is 0 Å². The van der Waals surface area contributed by atoms with Crippen LogP contribution >= 0.6 is 0 Å². The SMILES string of the molecule is C=C(N)c1ccc(NC(CCCC)C(C)C)nc1. The minimum Gasteiger partial charge on any atom is -0.399 e. The fourth-order valence-corrected chi connectivity index (χ4v) is 1.86. The summed E-state index contributed by atoms with van der Waals surface area (Å²) in [6.45, 7) is 10.4. The summed E-state index contributed by atoms with van der Waals surface area (Å²) in [5, 5.41) is 3.50. The van der Waals surface area contributed by atoms with Crippen molar-refractivity contribution >= 4 is 11.5 Å². The molecule has 1 aromatic heterocycles. The van der Waals surface area contributed by atoms with Crippen molar-refractivity contribution in [1.29, 1.82) is 0 Å². The third kappa shape index (κ3) is 4.40. The minimum absolute atomic E-state index is 0.476. The smallest absolute Gasteiger partial charge is 0.126 e. The Hall–Kier alpha value is -1.51. The topological polar surface area (TPSA) is 50.9 Å². The van der Waals surface area contributed by atoms with Crippen molar-refractivity contribution in [3.8, 4) is 0 Å². The number of hydrogen-bond donors (Lipinski definition) is 2. The summed E-state index contributed by atoms with van der Waals surface area (Å²) in [7, 11) is 0. The van der Waals surface area contributed by atoms with Crippen molar-refractivity contribution in [2.24, 2.45) is 11.7 Å². The van der Waals surface area contributed by atoms with Gasteiger partial charge in [-0.2, -0.15) is 0 Å². The highest BCUT2D eigenvalue weighted by Gasteiger charge is 2.12. The van der Waals surface area contributed by atoms with Gasteiger partial charge in [0.05, 0.1) is 0 Å². The van der Waals surface area contributed by atoms with E-state index in [1.165, 1.54) is 19.3 Å². The highest BCUT2D eigenvalue weighted by molar-refractivity contribution is 5.60. The first-order valence-corrected chi connectivity index (χ1v) is 6.72. The molecule has 18 heavy (non-hydrogen) atoms. The van der Waals surface area contributed by atoms with E-state index in [9.17, 15) is 0 Å². The maximum Gasteiger partial charge on any atom is 0.126 e. The molecule has 0 fully saturated rings. The Morgan fingerprint density at radius 2 is 2.17 bits per heavy atom. The second-order valence-electron chi connectivity index (χ2n) is 5.09. The maximum atomic E-state index is 5.62. The number of anilines is 1. The van der Waals surface area contributed by atoms with Gasteiger partial charge in [0.1, 0.15) is 5.82 Å². The molecule has 1 unspecified atom stereocenters. The molecular weight excluding hydrogens is 222 g/mol. The first kappa shape index (κ1) is 14.6. The van der Waals surface area contributed by atoms with Gasteiger partial charge in [-0.05, 0) is 24.5 Å². The number of unbranched alkanes of at least 4 members (excludes halogenated alkanes) is 1. The van der Waals surface area contributed by atoms with Crippen LogP contribution in [0.1, 0.15) is 45.6 Å². The number of rotatable bonds is 7. The highest BCUT2D eigenvalue weighted by atomic mass is 15.0.